The van der Waals surface area contributed by atoms with E-state index in [1.165, 1.54) is 0 Å². The Morgan fingerprint density at radius 2 is 2.18 bits per heavy atom. The lowest BCUT2D eigenvalue weighted by molar-refractivity contribution is 0.588. The summed E-state index contributed by atoms with van der Waals surface area (Å²) in [6.45, 7) is 3.93. The molecule has 1 aromatic carbocycles. The molecule has 0 saturated heterocycles. The molecule has 0 atom stereocenters. The molecule has 1 aliphatic heterocycles. The van der Waals surface area contributed by atoms with Gasteiger partial charge in [0.1, 0.15) is 0 Å². The number of aryl methyl sites for hydroxylation is 1. The lowest BCUT2D eigenvalue weighted by Gasteiger charge is -2.31. The number of hydrogen-bond acceptors (Lipinski definition) is 4. The normalized spacial score (nSPS) is 17.9. The fraction of sp³-hybridized carbons (Fsp3) is 0.500. The first kappa shape index (κ1) is 12.4. The molecular formula is C12H18N2O2S. The van der Waals surface area contributed by atoms with Gasteiger partial charge >= 0.3 is 0 Å². The smallest absolute Gasteiger partial charge is 0.182 e. The summed E-state index contributed by atoms with van der Waals surface area (Å²) in [7, 11) is -3.10. The van der Waals surface area contributed by atoms with E-state index >= 15 is 0 Å². The fourth-order valence-electron chi connectivity index (χ4n) is 2.11. The maximum Gasteiger partial charge on any atom is 0.182 e. The van der Waals surface area contributed by atoms with Crippen molar-refractivity contribution in [3.05, 3.63) is 23.8 Å². The van der Waals surface area contributed by atoms with Crippen LogP contribution < -0.4 is 10.6 Å². The second kappa shape index (κ2) is 4.66. The van der Waals surface area contributed by atoms with E-state index in [1.807, 2.05) is 19.1 Å². The molecule has 17 heavy (non-hydrogen) atoms. The standard InChI is InChI=1S/C12H18N2O2S/c1-10-3-4-11-12(9-10)17(15,16)8-7-14(11)6-2-5-13/h3-4,9H,2,5-8,13H2,1H3. The van der Waals surface area contributed by atoms with E-state index in [1.54, 1.807) is 6.07 Å². The number of rotatable bonds is 3. The average Bonchev–Trinajstić information content (AvgIpc) is 2.29. The summed E-state index contributed by atoms with van der Waals surface area (Å²) in [6, 6.07) is 5.62. The van der Waals surface area contributed by atoms with Crippen molar-refractivity contribution in [1.82, 2.24) is 0 Å². The highest BCUT2D eigenvalue weighted by molar-refractivity contribution is 7.91. The van der Waals surface area contributed by atoms with Crippen molar-refractivity contribution < 1.29 is 8.42 Å². The molecule has 2 N–H and O–H groups in total. The lowest BCUT2D eigenvalue weighted by Crippen LogP contribution is -2.36. The predicted molar refractivity (Wildman–Crippen MR) is 69.1 cm³/mol. The van der Waals surface area contributed by atoms with Gasteiger partial charge in [-0.05, 0) is 37.6 Å². The number of fused-ring (bicyclic) bond motifs is 1. The zero-order valence-corrected chi connectivity index (χ0v) is 10.8. The van der Waals surface area contributed by atoms with Crippen LogP contribution in [-0.2, 0) is 9.84 Å². The van der Waals surface area contributed by atoms with Gasteiger partial charge in [-0.1, -0.05) is 6.07 Å². The van der Waals surface area contributed by atoms with Crippen molar-refractivity contribution in [2.75, 3.05) is 30.3 Å². The zero-order valence-electron chi connectivity index (χ0n) is 10.0. The van der Waals surface area contributed by atoms with Crippen molar-refractivity contribution >= 4 is 15.5 Å². The van der Waals surface area contributed by atoms with Crippen LogP contribution in [0, 0.1) is 6.92 Å². The number of nitrogens with two attached hydrogens (primary N) is 1. The highest BCUT2D eigenvalue weighted by Gasteiger charge is 2.27. The predicted octanol–water partition coefficient (Wildman–Crippen LogP) is 0.938. The Morgan fingerprint density at radius 3 is 2.88 bits per heavy atom. The van der Waals surface area contributed by atoms with Crippen LogP contribution in [0.25, 0.3) is 0 Å². The summed E-state index contributed by atoms with van der Waals surface area (Å²) in [5, 5.41) is 0. The van der Waals surface area contributed by atoms with Gasteiger partial charge in [-0.3, -0.25) is 0 Å². The van der Waals surface area contributed by atoms with Crippen molar-refractivity contribution in [2.24, 2.45) is 5.73 Å². The van der Waals surface area contributed by atoms with E-state index in [0.717, 1.165) is 24.2 Å². The third kappa shape index (κ3) is 2.45. The van der Waals surface area contributed by atoms with Gasteiger partial charge in [-0.25, -0.2) is 8.42 Å². The quantitative estimate of drug-likeness (QED) is 0.872. The topological polar surface area (TPSA) is 63.4 Å². The summed E-state index contributed by atoms with van der Waals surface area (Å²) in [4.78, 5) is 2.59. The van der Waals surface area contributed by atoms with E-state index in [9.17, 15) is 8.42 Å². The van der Waals surface area contributed by atoms with E-state index in [2.05, 4.69) is 4.90 Å². The molecule has 0 bridgehead atoms. The summed E-state index contributed by atoms with van der Waals surface area (Å²) in [5.74, 6) is 0.202. The van der Waals surface area contributed by atoms with Gasteiger partial charge in [-0.15, -0.1) is 0 Å². The van der Waals surface area contributed by atoms with E-state index in [0.29, 0.717) is 18.0 Å². The third-order valence-corrected chi connectivity index (χ3v) is 4.77. The molecule has 1 heterocycles. The molecule has 5 heteroatoms. The summed E-state index contributed by atoms with van der Waals surface area (Å²) in [6.07, 6.45) is 0.882. The number of anilines is 1. The van der Waals surface area contributed by atoms with Gasteiger partial charge in [0.25, 0.3) is 0 Å². The first-order valence-electron chi connectivity index (χ1n) is 5.83. The molecule has 4 nitrogen and oxygen atoms in total. The van der Waals surface area contributed by atoms with Crippen LogP contribution in [0.2, 0.25) is 0 Å². The minimum atomic E-state index is -3.10. The van der Waals surface area contributed by atoms with Crippen LogP contribution in [0.1, 0.15) is 12.0 Å². The van der Waals surface area contributed by atoms with Gasteiger partial charge in [0.05, 0.1) is 16.3 Å². The SMILES string of the molecule is Cc1ccc2c(c1)S(=O)(=O)CCN2CCCN. The molecule has 0 aliphatic carbocycles. The summed E-state index contributed by atoms with van der Waals surface area (Å²) >= 11 is 0. The minimum Gasteiger partial charge on any atom is -0.369 e. The van der Waals surface area contributed by atoms with Crippen LogP contribution in [0.3, 0.4) is 0 Å². The monoisotopic (exact) mass is 254 g/mol. The number of benzene rings is 1. The average molecular weight is 254 g/mol. The molecule has 0 radical (unpaired) electrons. The van der Waals surface area contributed by atoms with Crippen LogP contribution in [0.5, 0.6) is 0 Å². The Hall–Kier alpha value is -1.07. The Bertz CT molecular complexity index is 511. The molecule has 0 saturated carbocycles. The van der Waals surface area contributed by atoms with Gasteiger partial charge in [0, 0.05) is 13.1 Å². The second-order valence-corrected chi connectivity index (χ2v) is 6.50. The Kier molecular flexibility index (Phi) is 3.40. The maximum absolute atomic E-state index is 12.0. The van der Waals surface area contributed by atoms with Crippen LogP contribution >= 0.6 is 0 Å². The maximum atomic E-state index is 12.0. The Labute approximate surface area is 102 Å². The van der Waals surface area contributed by atoms with E-state index in [4.69, 9.17) is 5.73 Å². The molecule has 1 aromatic rings. The van der Waals surface area contributed by atoms with Crippen molar-refractivity contribution in [3.8, 4) is 0 Å². The van der Waals surface area contributed by atoms with Crippen molar-refractivity contribution in [3.63, 3.8) is 0 Å². The van der Waals surface area contributed by atoms with Gasteiger partial charge in [-0.2, -0.15) is 0 Å². The molecule has 1 aliphatic rings. The fourth-order valence-corrected chi connectivity index (χ4v) is 3.67. The molecule has 0 spiro atoms. The third-order valence-electron chi connectivity index (χ3n) is 3.05. The first-order chi connectivity index (χ1) is 8.04. The molecule has 0 unspecified atom stereocenters. The molecular weight excluding hydrogens is 236 g/mol. The minimum absolute atomic E-state index is 0.202. The van der Waals surface area contributed by atoms with Crippen molar-refractivity contribution in [1.29, 1.82) is 0 Å². The first-order valence-corrected chi connectivity index (χ1v) is 7.48. The van der Waals surface area contributed by atoms with Crippen LogP contribution in [0.15, 0.2) is 23.1 Å². The lowest BCUT2D eigenvalue weighted by atomic mass is 10.2. The molecule has 0 fully saturated rings. The number of nitrogens with zero attached hydrogens (tertiary/aromatic N) is 1. The van der Waals surface area contributed by atoms with E-state index < -0.39 is 9.84 Å². The largest absolute Gasteiger partial charge is 0.369 e. The van der Waals surface area contributed by atoms with Crippen LogP contribution in [-0.4, -0.2) is 33.8 Å². The Morgan fingerprint density at radius 1 is 1.41 bits per heavy atom. The van der Waals surface area contributed by atoms with Crippen molar-refractivity contribution in [2.45, 2.75) is 18.2 Å². The van der Waals surface area contributed by atoms with Gasteiger partial charge < -0.3 is 10.6 Å². The van der Waals surface area contributed by atoms with E-state index in [-0.39, 0.29) is 5.75 Å². The summed E-state index contributed by atoms with van der Waals surface area (Å²) < 4.78 is 24.0. The summed E-state index contributed by atoms with van der Waals surface area (Å²) in [5.41, 5.74) is 7.31. The molecule has 94 valence electrons. The molecule has 2 rings (SSSR count). The molecule has 0 aromatic heterocycles. The molecule has 0 amide bonds. The van der Waals surface area contributed by atoms with Gasteiger partial charge in [0.2, 0.25) is 0 Å². The van der Waals surface area contributed by atoms with Crippen LogP contribution in [0.4, 0.5) is 5.69 Å². The van der Waals surface area contributed by atoms with Gasteiger partial charge in [0.15, 0.2) is 9.84 Å². The number of sulfone groups is 1. The zero-order chi connectivity index (χ0) is 12.5. The number of hydrogen-bond donors (Lipinski definition) is 1. The second-order valence-electron chi connectivity index (χ2n) is 4.42. The highest BCUT2D eigenvalue weighted by Crippen LogP contribution is 2.31. The highest BCUT2D eigenvalue weighted by atomic mass is 32.2. The Balaban J connectivity index is 2.41.